The molecule has 0 saturated carbocycles. The monoisotopic (exact) mass is 374 g/mol. The number of carbonyl (C=O) groups is 1. The molecule has 4 rings (SSSR count). The second kappa shape index (κ2) is 7.74. The summed E-state index contributed by atoms with van der Waals surface area (Å²) in [5.74, 6) is -0.736. The van der Waals surface area contributed by atoms with E-state index in [1.54, 1.807) is 18.2 Å². The Labute approximate surface area is 162 Å². The fourth-order valence-electron chi connectivity index (χ4n) is 3.32. The van der Waals surface area contributed by atoms with Crippen LogP contribution in [0.2, 0.25) is 0 Å². The largest absolute Gasteiger partial charge is 0.394 e. The van der Waals surface area contributed by atoms with Crippen molar-refractivity contribution in [3.8, 4) is 11.1 Å². The van der Waals surface area contributed by atoms with Gasteiger partial charge in [0.15, 0.2) is 0 Å². The lowest BCUT2D eigenvalue weighted by Gasteiger charge is -2.17. The van der Waals surface area contributed by atoms with Crippen LogP contribution < -0.4 is 5.32 Å². The molecule has 1 aliphatic rings. The predicted octanol–water partition coefficient (Wildman–Crippen LogP) is 3.89. The summed E-state index contributed by atoms with van der Waals surface area (Å²) in [7, 11) is 0. The third-order valence-electron chi connectivity index (χ3n) is 4.83. The van der Waals surface area contributed by atoms with Crippen molar-refractivity contribution in [2.75, 3.05) is 6.61 Å². The number of amides is 1. The Morgan fingerprint density at radius 2 is 1.89 bits per heavy atom. The van der Waals surface area contributed by atoms with Crippen molar-refractivity contribution < 1.29 is 14.3 Å². The van der Waals surface area contributed by atoms with Crippen molar-refractivity contribution in [3.63, 3.8) is 0 Å². The van der Waals surface area contributed by atoms with Gasteiger partial charge in [-0.15, -0.1) is 0 Å². The van der Waals surface area contributed by atoms with Crippen LogP contribution in [0.5, 0.6) is 0 Å². The van der Waals surface area contributed by atoms with E-state index < -0.39 is 11.9 Å². The summed E-state index contributed by atoms with van der Waals surface area (Å²) < 4.78 is 13.5. The fourth-order valence-corrected chi connectivity index (χ4v) is 3.32. The normalized spacial score (nSPS) is 13.2. The SMILES string of the molecule is O=C(NC(CO)c1cccc(F)c1)c1cccc(-c2ccc3c(c2)C=NC3)c1. The van der Waals surface area contributed by atoms with Gasteiger partial charge in [-0.3, -0.25) is 9.79 Å². The molecule has 2 N–H and O–H groups in total. The van der Waals surface area contributed by atoms with E-state index in [0.29, 0.717) is 17.7 Å². The number of aliphatic hydroxyl groups excluding tert-OH is 1. The first-order chi connectivity index (χ1) is 13.6. The Bertz CT molecular complexity index is 1060. The van der Waals surface area contributed by atoms with E-state index in [4.69, 9.17) is 0 Å². The van der Waals surface area contributed by atoms with Gasteiger partial charge in [-0.1, -0.05) is 36.4 Å². The van der Waals surface area contributed by atoms with E-state index in [-0.39, 0.29) is 12.5 Å². The summed E-state index contributed by atoms with van der Waals surface area (Å²) in [5.41, 5.74) is 5.21. The van der Waals surface area contributed by atoms with Crippen LogP contribution in [0.15, 0.2) is 71.7 Å². The molecule has 1 amide bonds. The molecule has 140 valence electrons. The molecule has 3 aromatic carbocycles. The summed E-state index contributed by atoms with van der Waals surface area (Å²) in [4.78, 5) is 17.0. The number of hydrogen-bond donors (Lipinski definition) is 2. The number of aliphatic hydroxyl groups is 1. The highest BCUT2D eigenvalue weighted by atomic mass is 19.1. The number of hydrogen-bond acceptors (Lipinski definition) is 3. The first kappa shape index (κ1) is 18.1. The second-order valence-electron chi connectivity index (χ2n) is 6.73. The smallest absolute Gasteiger partial charge is 0.251 e. The van der Waals surface area contributed by atoms with Gasteiger partial charge in [0.2, 0.25) is 0 Å². The number of fused-ring (bicyclic) bond motifs is 1. The summed E-state index contributed by atoms with van der Waals surface area (Å²) in [5, 5.41) is 12.4. The zero-order valence-electron chi connectivity index (χ0n) is 15.1. The number of rotatable bonds is 5. The number of halogens is 1. The Kier molecular flexibility index (Phi) is 5.00. The topological polar surface area (TPSA) is 61.7 Å². The lowest BCUT2D eigenvalue weighted by molar-refractivity contribution is 0.0916. The molecule has 4 nitrogen and oxygen atoms in total. The van der Waals surface area contributed by atoms with Gasteiger partial charge in [0.25, 0.3) is 5.91 Å². The average Bonchev–Trinajstić information content (AvgIpc) is 3.20. The molecule has 1 heterocycles. The van der Waals surface area contributed by atoms with E-state index in [1.807, 2.05) is 30.5 Å². The van der Waals surface area contributed by atoms with Gasteiger partial charge in [-0.2, -0.15) is 0 Å². The van der Waals surface area contributed by atoms with Crippen LogP contribution in [0.4, 0.5) is 4.39 Å². The van der Waals surface area contributed by atoms with Gasteiger partial charge in [0.1, 0.15) is 5.82 Å². The van der Waals surface area contributed by atoms with Crippen LogP contribution >= 0.6 is 0 Å². The van der Waals surface area contributed by atoms with E-state index in [9.17, 15) is 14.3 Å². The van der Waals surface area contributed by atoms with Gasteiger partial charge in [0.05, 0.1) is 19.2 Å². The van der Waals surface area contributed by atoms with Crippen molar-refractivity contribution in [3.05, 3.63) is 94.8 Å². The molecule has 0 spiro atoms. The first-order valence-electron chi connectivity index (χ1n) is 9.04. The molecule has 3 aromatic rings. The van der Waals surface area contributed by atoms with Gasteiger partial charge in [0, 0.05) is 11.8 Å². The Balaban J connectivity index is 1.57. The van der Waals surface area contributed by atoms with Gasteiger partial charge in [-0.25, -0.2) is 4.39 Å². The van der Waals surface area contributed by atoms with Crippen molar-refractivity contribution in [2.24, 2.45) is 4.99 Å². The minimum absolute atomic E-state index is 0.320. The molecule has 0 fully saturated rings. The fraction of sp³-hybridized carbons (Fsp3) is 0.130. The Morgan fingerprint density at radius 3 is 2.71 bits per heavy atom. The molecular formula is C23H19FN2O2. The molecule has 0 saturated heterocycles. The second-order valence-corrected chi connectivity index (χ2v) is 6.73. The van der Waals surface area contributed by atoms with E-state index in [2.05, 4.69) is 22.4 Å². The number of aliphatic imine (C=N–C) groups is 1. The third kappa shape index (κ3) is 3.70. The number of nitrogens with zero attached hydrogens (tertiary/aromatic N) is 1. The number of nitrogens with one attached hydrogen (secondary N) is 1. The van der Waals surface area contributed by atoms with Gasteiger partial charge in [-0.05, 0) is 58.1 Å². The minimum Gasteiger partial charge on any atom is -0.394 e. The maximum absolute atomic E-state index is 13.5. The van der Waals surface area contributed by atoms with Crippen molar-refractivity contribution in [1.82, 2.24) is 5.32 Å². The van der Waals surface area contributed by atoms with Crippen LogP contribution in [0.25, 0.3) is 11.1 Å². The highest BCUT2D eigenvalue weighted by Crippen LogP contribution is 2.25. The molecule has 5 heteroatoms. The lowest BCUT2D eigenvalue weighted by atomic mass is 9.98. The van der Waals surface area contributed by atoms with Crippen molar-refractivity contribution >= 4 is 12.1 Å². The number of benzene rings is 3. The van der Waals surface area contributed by atoms with E-state index >= 15 is 0 Å². The van der Waals surface area contributed by atoms with Crippen LogP contribution in [-0.2, 0) is 6.54 Å². The van der Waals surface area contributed by atoms with E-state index in [1.165, 1.54) is 17.7 Å². The summed E-state index contributed by atoms with van der Waals surface area (Å²) in [6, 6.07) is 18.6. The highest BCUT2D eigenvalue weighted by Gasteiger charge is 2.16. The summed E-state index contributed by atoms with van der Waals surface area (Å²) >= 11 is 0. The predicted molar refractivity (Wildman–Crippen MR) is 107 cm³/mol. The average molecular weight is 374 g/mol. The van der Waals surface area contributed by atoms with Gasteiger partial charge >= 0.3 is 0 Å². The Morgan fingerprint density at radius 1 is 1.07 bits per heavy atom. The maximum atomic E-state index is 13.5. The third-order valence-corrected chi connectivity index (χ3v) is 4.83. The molecule has 0 bridgehead atoms. The molecule has 1 aliphatic heterocycles. The van der Waals surface area contributed by atoms with Crippen LogP contribution in [-0.4, -0.2) is 23.8 Å². The van der Waals surface area contributed by atoms with Crippen LogP contribution in [0, 0.1) is 5.82 Å². The van der Waals surface area contributed by atoms with Crippen molar-refractivity contribution in [2.45, 2.75) is 12.6 Å². The van der Waals surface area contributed by atoms with Crippen LogP contribution in [0.3, 0.4) is 0 Å². The summed E-state index contributed by atoms with van der Waals surface area (Å²) in [6.45, 7) is 0.389. The first-order valence-corrected chi connectivity index (χ1v) is 9.04. The summed E-state index contributed by atoms with van der Waals surface area (Å²) in [6.07, 6.45) is 1.86. The quantitative estimate of drug-likeness (QED) is 0.712. The Hall–Kier alpha value is -3.31. The zero-order valence-corrected chi connectivity index (χ0v) is 15.1. The molecule has 0 aromatic heterocycles. The van der Waals surface area contributed by atoms with Crippen molar-refractivity contribution in [1.29, 1.82) is 0 Å². The van der Waals surface area contributed by atoms with Gasteiger partial charge < -0.3 is 10.4 Å². The molecule has 1 unspecified atom stereocenters. The molecule has 0 radical (unpaired) electrons. The minimum atomic E-state index is -0.678. The molecular weight excluding hydrogens is 355 g/mol. The number of carbonyl (C=O) groups excluding carboxylic acids is 1. The van der Waals surface area contributed by atoms with E-state index in [0.717, 1.165) is 16.7 Å². The standard InChI is InChI=1S/C23H19FN2O2/c24-21-6-2-4-17(11-21)22(14-27)26-23(28)18-5-1-3-15(9-18)16-7-8-19-12-25-13-20(19)10-16/h1-11,13,22,27H,12,14H2,(H,26,28). The molecule has 28 heavy (non-hydrogen) atoms. The highest BCUT2D eigenvalue weighted by molar-refractivity contribution is 5.96. The molecule has 1 atom stereocenters. The maximum Gasteiger partial charge on any atom is 0.251 e. The zero-order chi connectivity index (χ0) is 19.5. The molecule has 0 aliphatic carbocycles. The lowest BCUT2D eigenvalue weighted by Crippen LogP contribution is -2.30. The van der Waals surface area contributed by atoms with Crippen LogP contribution in [0.1, 0.15) is 33.1 Å².